The highest BCUT2D eigenvalue weighted by molar-refractivity contribution is 7.47. The Labute approximate surface area is 618 Å². The zero-order valence-corrected chi connectivity index (χ0v) is 65.5. The lowest BCUT2D eigenvalue weighted by Crippen LogP contribution is -2.30. The predicted molar refractivity (Wildman–Crippen MR) is 418 cm³/mol. The number of carbonyl (C=O) groups is 4. The number of hydrogen-bond donors (Lipinski definition) is 3. The maximum atomic E-state index is 13.1. The Hall–Kier alpha value is -4.80. The maximum absolute atomic E-state index is 13.1. The largest absolute Gasteiger partial charge is 0.472 e. The first-order chi connectivity index (χ1) is 49.7. The predicted octanol–water partition coefficient (Wildman–Crippen LogP) is 22.9. The van der Waals surface area contributed by atoms with Crippen LogP contribution in [-0.2, 0) is 65.4 Å². The van der Waals surface area contributed by atoms with E-state index in [2.05, 4.69) is 161 Å². The molecule has 0 heterocycles. The van der Waals surface area contributed by atoms with E-state index in [0.717, 1.165) is 193 Å². The van der Waals surface area contributed by atoms with Gasteiger partial charge < -0.3 is 33.8 Å². The zero-order chi connectivity index (χ0) is 74.6. The second-order valence-corrected chi connectivity index (χ2v) is 28.8. The second kappa shape index (κ2) is 74.5. The normalized spacial score (nSPS) is 14.6. The number of phosphoric ester groups is 2. The minimum absolute atomic E-state index is 0.0666. The van der Waals surface area contributed by atoms with E-state index in [1.807, 2.05) is 0 Å². The lowest BCUT2D eigenvalue weighted by atomic mass is 10.1. The summed E-state index contributed by atoms with van der Waals surface area (Å²) in [4.78, 5) is 73.0. The number of rotatable bonds is 73. The van der Waals surface area contributed by atoms with Crippen LogP contribution in [0.25, 0.3) is 0 Å². The Morgan fingerprint density at radius 2 is 0.510 bits per heavy atom. The van der Waals surface area contributed by atoms with Crippen molar-refractivity contribution in [3.8, 4) is 0 Å². The fraction of sp³-hybridized carbons (Fsp3) is 0.687. The van der Waals surface area contributed by atoms with Crippen LogP contribution < -0.4 is 0 Å². The monoisotopic (exact) mass is 1470 g/mol. The molecule has 0 saturated carbocycles. The van der Waals surface area contributed by atoms with Crippen molar-refractivity contribution in [1.82, 2.24) is 0 Å². The third-order valence-corrected chi connectivity index (χ3v) is 18.0. The van der Waals surface area contributed by atoms with Crippen LogP contribution in [0.5, 0.6) is 0 Å². The Balaban J connectivity index is 5.42. The van der Waals surface area contributed by atoms with Crippen LogP contribution in [-0.4, -0.2) is 96.7 Å². The summed E-state index contributed by atoms with van der Waals surface area (Å²) in [5, 5.41) is 10.6. The molecule has 3 N–H and O–H groups in total. The van der Waals surface area contributed by atoms with Crippen molar-refractivity contribution in [2.75, 3.05) is 39.6 Å². The smallest absolute Gasteiger partial charge is 0.462 e. The van der Waals surface area contributed by atoms with Crippen LogP contribution in [0.15, 0.2) is 134 Å². The summed E-state index contributed by atoms with van der Waals surface area (Å²) in [6.45, 7) is 4.51. The molecule has 0 rings (SSSR count). The molecule has 0 aromatic heterocycles. The minimum Gasteiger partial charge on any atom is -0.462 e. The van der Waals surface area contributed by atoms with Gasteiger partial charge in [0.15, 0.2) is 12.2 Å². The fourth-order valence-electron chi connectivity index (χ4n) is 10.1. The molecule has 5 unspecified atom stereocenters. The van der Waals surface area contributed by atoms with Crippen molar-refractivity contribution in [3.05, 3.63) is 134 Å². The van der Waals surface area contributed by atoms with E-state index in [1.165, 1.54) is 38.5 Å². The highest BCUT2D eigenvalue weighted by Crippen LogP contribution is 2.45. The molecule has 0 spiro atoms. The number of ether oxygens (including phenoxy) is 4. The molecular formula is C83H140O17P2. The Bertz CT molecular complexity index is 2460. The van der Waals surface area contributed by atoms with Crippen molar-refractivity contribution in [2.24, 2.45) is 0 Å². The van der Waals surface area contributed by atoms with Gasteiger partial charge in [-0.1, -0.05) is 258 Å². The number of carbonyl (C=O) groups excluding carboxylic acids is 4. The van der Waals surface area contributed by atoms with Gasteiger partial charge in [-0.15, -0.1) is 0 Å². The summed E-state index contributed by atoms with van der Waals surface area (Å²) in [6, 6.07) is 0. The molecule has 17 nitrogen and oxygen atoms in total. The molecule has 5 atom stereocenters. The molecule has 0 fully saturated rings. The quantitative estimate of drug-likeness (QED) is 0.0169. The van der Waals surface area contributed by atoms with Gasteiger partial charge in [0.25, 0.3) is 0 Å². The van der Waals surface area contributed by atoms with Crippen molar-refractivity contribution in [2.45, 2.75) is 329 Å². The molecule has 0 aliphatic rings. The molecule has 0 radical (unpaired) electrons. The van der Waals surface area contributed by atoms with Crippen LogP contribution in [0.1, 0.15) is 310 Å². The van der Waals surface area contributed by atoms with E-state index in [1.54, 1.807) is 0 Å². The maximum Gasteiger partial charge on any atom is 0.472 e. The van der Waals surface area contributed by atoms with Crippen molar-refractivity contribution in [3.63, 3.8) is 0 Å². The molecule has 0 aliphatic carbocycles. The SMILES string of the molecule is CC/C=C\C/C=C\C/C=C\C/C=C\CCCCC(=O)OCC(COP(=O)(O)OCC(O)COP(=O)(O)OCC(COC(=O)CCCCCCCCC/C=C\C/C=C\C/C=C\CC)OC(=O)CCCCCCC/C=C\C/C=C\CCCCC)OC(=O)CCCCCCC/C=C\C/C=C\CCCCC. The molecule has 0 bridgehead atoms. The molecule has 0 saturated heterocycles. The lowest BCUT2D eigenvalue weighted by Gasteiger charge is -2.21. The summed E-state index contributed by atoms with van der Waals surface area (Å²) >= 11 is 0. The van der Waals surface area contributed by atoms with Crippen molar-refractivity contribution >= 4 is 39.5 Å². The van der Waals surface area contributed by atoms with Gasteiger partial charge in [0, 0.05) is 25.7 Å². The first-order valence-corrected chi connectivity index (χ1v) is 42.4. The van der Waals surface area contributed by atoms with E-state index < -0.39 is 97.5 Å². The number of aliphatic hydroxyl groups excluding tert-OH is 1. The van der Waals surface area contributed by atoms with Gasteiger partial charge in [-0.25, -0.2) is 9.13 Å². The van der Waals surface area contributed by atoms with Crippen LogP contribution in [0.3, 0.4) is 0 Å². The Morgan fingerprint density at radius 3 is 0.804 bits per heavy atom. The average Bonchev–Trinajstić information content (AvgIpc) is 0.926. The third-order valence-electron chi connectivity index (χ3n) is 16.1. The van der Waals surface area contributed by atoms with Crippen molar-refractivity contribution < 1.29 is 80.2 Å². The molecule has 0 aromatic carbocycles. The average molecular weight is 1470 g/mol. The number of allylic oxidation sites excluding steroid dienone is 22. The number of phosphoric acid groups is 2. The van der Waals surface area contributed by atoms with Crippen LogP contribution in [0.2, 0.25) is 0 Å². The van der Waals surface area contributed by atoms with Crippen LogP contribution >= 0.6 is 15.6 Å². The topological polar surface area (TPSA) is 237 Å². The van der Waals surface area contributed by atoms with Crippen molar-refractivity contribution in [1.29, 1.82) is 0 Å². The second-order valence-electron chi connectivity index (χ2n) is 25.9. The molecule has 0 amide bonds. The first-order valence-electron chi connectivity index (χ1n) is 39.4. The Morgan fingerprint density at radius 1 is 0.284 bits per heavy atom. The van der Waals surface area contributed by atoms with Gasteiger partial charge in [-0.05, 0) is 161 Å². The van der Waals surface area contributed by atoms with Gasteiger partial charge in [-0.2, -0.15) is 0 Å². The van der Waals surface area contributed by atoms with Crippen LogP contribution in [0, 0.1) is 0 Å². The van der Waals surface area contributed by atoms with E-state index in [9.17, 15) is 43.2 Å². The molecular weight excluding hydrogens is 1330 g/mol. The Kier molecular flexibility index (Phi) is 71.0. The highest BCUT2D eigenvalue weighted by Gasteiger charge is 2.30. The highest BCUT2D eigenvalue weighted by atomic mass is 31.2. The van der Waals surface area contributed by atoms with E-state index in [4.69, 9.17) is 37.0 Å². The molecule has 102 heavy (non-hydrogen) atoms. The summed E-state index contributed by atoms with van der Waals surface area (Å²) in [5.74, 6) is -2.26. The molecule has 0 aromatic rings. The molecule has 19 heteroatoms. The molecule has 584 valence electrons. The van der Waals surface area contributed by atoms with Gasteiger partial charge in [0.1, 0.15) is 19.3 Å². The van der Waals surface area contributed by atoms with Gasteiger partial charge in [-0.3, -0.25) is 37.3 Å². The van der Waals surface area contributed by atoms with Gasteiger partial charge in [0.05, 0.1) is 26.4 Å². The number of aliphatic hydroxyl groups is 1. The summed E-state index contributed by atoms with van der Waals surface area (Å²) in [5.41, 5.74) is 0. The fourth-order valence-corrected chi connectivity index (χ4v) is 11.7. The minimum atomic E-state index is -4.99. The number of unbranched alkanes of at least 4 members (excludes halogenated alkanes) is 25. The zero-order valence-electron chi connectivity index (χ0n) is 63.7. The summed E-state index contributed by atoms with van der Waals surface area (Å²) in [7, 11) is -9.98. The first kappa shape index (κ1) is 97.2. The summed E-state index contributed by atoms with van der Waals surface area (Å²) < 4.78 is 68.5. The van der Waals surface area contributed by atoms with E-state index in [-0.39, 0.29) is 25.7 Å². The summed E-state index contributed by atoms with van der Waals surface area (Å²) in [6.07, 6.45) is 82.9. The van der Waals surface area contributed by atoms with E-state index >= 15 is 0 Å². The number of esters is 4. The number of hydrogen-bond acceptors (Lipinski definition) is 15. The van der Waals surface area contributed by atoms with E-state index in [0.29, 0.717) is 25.7 Å². The standard InChI is InChI=1S/C83H140O17P2/c1-5-9-13-17-21-25-29-33-37-38-42-44-48-52-56-60-64-68-81(86)94-74-79(100-83(88)70-66-62-58-54-50-46-41-36-32-28-24-20-16-12-8-4)76-98-102(91,92)96-72-77(84)71-95-101(89,90)97-75-78(99-82(87)69-65-61-57-53-49-45-40-35-31-27-23-19-15-11-7-3)73-93-80(85)67-63-59-55-51-47-43-39-34-30-26-22-18-14-10-6-2/h9-10,13-14,21-28,33-37,39-41,47,51,77-79,84H,5-8,11-12,15-20,29-32,38,42-46,48-50,52-76H2,1-4H3,(H,89,90)(H,91,92)/b13-9-,14-10-,25-21-,26-22-,27-23-,28-24-,37-33-,39-34-,40-35-,41-36-,51-47-. The molecule has 0 aliphatic heterocycles. The lowest BCUT2D eigenvalue weighted by molar-refractivity contribution is -0.161. The van der Waals surface area contributed by atoms with Crippen LogP contribution in [0.4, 0.5) is 0 Å². The van der Waals surface area contributed by atoms with Gasteiger partial charge in [0.2, 0.25) is 0 Å². The third kappa shape index (κ3) is 73.5. The van der Waals surface area contributed by atoms with Gasteiger partial charge >= 0.3 is 39.5 Å².